The van der Waals surface area contributed by atoms with E-state index in [0.717, 1.165) is 0 Å². The van der Waals surface area contributed by atoms with Crippen molar-refractivity contribution in [1.82, 2.24) is 0 Å². The summed E-state index contributed by atoms with van der Waals surface area (Å²) in [5.41, 5.74) is 4.83. The molecule has 0 fully saturated rings. The summed E-state index contributed by atoms with van der Waals surface area (Å²) in [4.78, 5) is 0. The Balaban J connectivity index is 3.40. The van der Waals surface area contributed by atoms with Crippen LogP contribution >= 0.6 is 0 Å². The van der Waals surface area contributed by atoms with Crippen LogP contribution in [0.25, 0.3) is 0 Å². The molecule has 0 amide bonds. The second-order valence-corrected chi connectivity index (χ2v) is 1.53. The van der Waals surface area contributed by atoms with Gasteiger partial charge in [-0.1, -0.05) is 0 Å². The van der Waals surface area contributed by atoms with Crippen molar-refractivity contribution in [2.75, 3.05) is 6.54 Å². The van der Waals surface area contributed by atoms with Gasteiger partial charge in [0.15, 0.2) is 0 Å². The van der Waals surface area contributed by atoms with Crippen LogP contribution in [-0.4, -0.2) is 21.2 Å². The largest absolute Gasteiger partial charge is 0.363 e. The highest BCUT2D eigenvalue weighted by Crippen LogP contribution is 1.77. The van der Waals surface area contributed by atoms with Gasteiger partial charge in [0.1, 0.15) is 0 Å². The first-order valence-electron chi connectivity index (χ1n) is 1.73. The maximum atomic E-state index is 9.66. The second kappa shape index (κ2) is 3.53. The molecule has 0 rings (SSSR count). The molecule has 0 radical (unpaired) electrons. The maximum Gasteiger partial charge on any atom is 0.358 e. The molecule has 0 heterocycles. The number of nitrogens with one attached hydrogen (secondary N) is 1. The zero-order valence-electron chi connectivity index (χ0n) is 3.96. The summed E-state index contributed by atoms with van der Waals surface area (Å²) in [6.45, 7) is -0.160. The van der Waals surface area contributed by atoms with Gasteiger partial charge in [0.25, 0.3) is 0 Å². The summed E-state index contributed by atoms with van der Waals surface area (Å²) in [6, 6.07) is 0. The monoisotopic (exact) mass is 138 g/mol. The summed E-state index contributed by atoms with van der Waals surface area (Å²) in [7, 11) is 0. The van der Waals surface area contributed by atoms with Crippen LogP contribution in [0.15, 0.2) is 0 Å². The number of hydrogen-bond acceptors (Lipinski definition) is 4. The van der Waals surface area contributed by atoms with Gasteiger partial charge in [-0.15, -0.1) is 0 Å². The minimum Gasteiger partial charge on any atom is -0.363 e. The van der Waals surface area contributed by atoms with E-state index in [2.05, 4.69) is 4.18 Å². The normalized spacial score (nSPS) is 12.8. The molecule has 0 aliphatic carbocycles. The highest BCUT2D eigenvalue weighted by Gasteiger charge is 1.96. The van der Waals surface area contributed by atoms with Crippen molar-refractivity contribution in [2.24, 2.45) is 5.73 Å². The third-order valence-corrected chi connectivity index (χ3v) is 0.701. The topological polar surface area (TPSA) is 96.4 Å². The van der Waals surface area contributed by atoms with Gasteiger partial charge >= 0.3 is 11.4 Å². The SMILES string of the molecule is N=C(CN)OS(=O)O. The predicted octanol–water partition coefficient (Wildman–Crippen LogP) is -0.924. The molecule has 0 aromatic heterocycles. The van der Waals surface area contributed by atoms with Crippen molar-refractivity contribution >= 4 is 17.3 Å². The molecule has 1 atom stereocenters. The Morgan fingerprint density at radius 3 is 2.62 bits per heavy atom. The molecule has 8 heavy (non-hydrogen) atoms. The van der Waals surface area contributed by atoms with E-state index < -0.39 is 17.3 Å². The van der Waals surface area contributed by atoms with E-state index in [9.17, 15) is 4.21 Å². The molecule has 0 aromatic rings. The lowest BCUT2D eigenvalue weighted by Gasteiger charge is -1.94. The minimum atomic E-state index is -2.40. The standard InChI is InChI=1S/C2H6N2O3S/c3-1-2(4)7-8(5)6/h4H,1,3H2,(H,5,6). The Bertz CT molecular complexity index is 114. The predicted molar refractivity (Wildman–Crippen MR) is 28.6 cm³/mol. The first kappa shape index (κ1) is 7.54. The molecule has 0 aliphatic rings. The quantitative estimate of drug-likeness (QED) is 0.261. The van der Waals surface area contributed by atoms with Crippen molar-refractivity contribution in [1.29, 1.82) is 5.41 Å². The second-order valence-electron chi connectivity index (χ2n) is 0.928. The lowest BCUT2D eigenvalue weighted by Crippen LogP contribution is -2.16. The first-order valence-corrected chi connectivity index (χ1v) is 2.76. The molecular formula is C2H6N2O3S. The summed E-state index contributed by atoms with van der Waals surface area (Å²) >= 11 is -2.40. The van der Waals surface area contributed by atoms with Crippen LogP contribution in [0.1, 0.15) is 0 Å². The Morgan fingerprint density at radius 1 is 2.00 bits per heavy atom. The van der Waals surface area contributed by atoms with Gasteiger partial charge in [-0.3, -0.25) is 9.96 Å². The Kier molecular flexibility index (Phi) is 3.33. The molecule has 4 N–H and O–H groups in total. The van der Waals surface area contributed by atoms with E-state index in [-0.39, 0.29) is 6.54 Å². The summed E-state index contributed by atoms with van der Waals surface area (Å²) in [5.74, 6) is -0.397. The Labute approximate surface area is 48.8 Å². The average Bonchev–Trinajstić information content (AvgIpc) is 1.65. The van der Waals surface area contributed by atoms with Crippen LogP contribution in [0.5, 0.6) is 0 Å². The molecule has 0 bridgehead atoms. The molecule has 6 heteroatoms. The van der Waals surface area contributed by atoms with Gasteiger partial charge < -0.3 is 9.92 Å². The fraction of sp³-hybridized carbons (Fsp3) is 0.500. The van der Waals surface area contributed by atoms with Crippen molar-refractivity contribution in [3.05, 3.63) is 0 Å². The molecule has 48 valence electrons. The molecule has 0 saturated heterocycles. The molecule has 0 aliphatic heterocycles. The first-order chi connectivity index (χ1) is 3.66. The molecular weight excluding hydrogens is 132 g/mol. The zero-order chi connectivity index (χ0) is 6.57. The van der Waals surface area contributed by atoms with Crippen LogP contribution in [0.3, 0.4) is 0 Å². The van der Waals surface area contributed by atoms with Crippen molar-refractivity contribution < 1.29 is 12.9 Å². The van der Waals surface area contributed by atoms with Crippen LogP contribution in [0, 0.1) is 5.41 Å². The third-order valence-electron chi connectivity index (χ3n) is 0.357. The van der Waals surface area contributed by atoms with Gasteiger partial charge in [0, 0.05) is 0 Å². The van der Waals surface area contributed by atoms with E-state index in [1.807, 2.05) is 0 Å². The van der Waals surface area contributed by atoms with Crippen molar-refractivity contribution in [2.45, 2.75) is 0 Å². The Morgan fingerprint density at radius 2 is 2.50 bits per heavy atom. The van der Waals surface area contributed by atoms with Crippen molar-refractivity contribution in [3.63, 3.8) is 0 Å². The Hall–Kier alpha value is -0.460. The number of nitrogens with two attached hydrogens (primary N) is 1. The molecule has 0 saturated carbocycles. The number of rotatable bonds is 2. The zero-order valence-corrected chi connectivity index (χ0v) is 4.77. The lowest BCUT2D eigenvalue weighted by atomic mass is 10.7. The highest BCUT2D eigenvalue weighted by molar-refractivity contribution is 7.74. The summed E-state index contributed by atoms with van der Waals surface area (Å²) in [6.07, 6.45) is 0. The van der Waals surface area contributed by atoms with E-state index >= 15 is 0 Å². The van der Waals surface area contributed by atoms with E-state index in [1.165, 1.54) is 0 Å². The van der Waals surface area contributed by atoms with Crippen LogP contribution in [0.4, 0.5) is 0 Å². The summed E-state index contributed by atoms with van der Waals surface area (Å²) in [5, 5.41) is 6.57. The number of hydrogen-bond donors (Lipinski definition) is 3. The smallest absolute Gasteiger partial charge is 0.358 e. The maximum absolute atomic E-state index is 9.66. The van der Waals surface area contributed by atoms with Crippen LogP contribution < -0.4 is 5.73 Å². The molecule has 0 spiro atoms. The van der Waals surface area contributed by atoms with Crippen LogP contribution in [-0.2, 0) is 15.5 Å². The molecule has 1 unspecified atom stereocenters. The molecule has 0 aromatic carbocycles. The lowest BCUT2D eigenvalue weighted by molar-refractivity contribution is 0.448. The van der Waals surface area contributed by atoms with Gasteiger partial charge in [-0.05, 0) is 0 Å². The highest BCUT2D eigenvalue weighted by atomic mass is 32.2. The van der Waals surface area contributed by atoms with E-state index in [1.54, 1.807) is 0 Å². The minimum absolute atomic E-state index is 0.160. The fourth-order valence-corrected chi connectivity index (χ4v) is 0.360. The summed E-state index contributed by atoms with van der Waals surface area (Å²) < 4.78 is 21.5. The van der Waals surface area contributed by atoms with Crippen LogP contribution in [0.2, 0.25) is 0 Å². The van der Waals surface area contributed by atoms with E-state index in [0.29, 0.717) is 0 Å². The van der Waals surface area contributed by atoms with Crippen molar-refractivity contribution in [3.8, 4) is 0 Å². The van der Waals surface area contributed by atoms with Gasteiger partial charge in [0.05, 0.1) is 6.54 Å². The average molecular weight is 138 g/mol. The van der Waals surface area contributed by atoms with E-state index in [4.69, 9.17) is 15.7 Å². The van der Waals surface area contributed by atoms with Gasteiger partial charge in [-0.2, -0.15) is 4.21 Å². The third kappa shape index (κ3) is 3.72. The molecule has 5 nitrogen and oxygen atoms in total. The fourth-order valence-electron chi connectivity index (χ4n) is 0.120. The van der Waals surface area contributed by atoms with Gasteiger partial charge in [0.2, 0.25) is 5.90 Å². The van der Waals surface area contributed by atoms with Gasteiger partial charge in [-0.25, -0.2) is 0 Å².